The highest BCUT2D eigenvalue weighted by Crippen LogP contribution is 2.08. The van der Waals surface area contributed by atoms with E-state index < -0.39 is 0 Å². The maximum atomic E-state index is 3.44. The van der Waals surface area contributed by atoms with E-state index in [0.717, 1.165) is 6.04 Å². The Morgan fingerprint density at radius 1 is 1.67 bits per heavy atom. The largest absolute Gasteiger partial charge is 0.313 e. The van der Waals surface area contributed by atoms with Crippen LogP contribution in [-0.4, -0.2) is 24.6 Å². The van der Waals surface area contributed by atoms with Gasteiger partial charge in [0.05, 0.1) is 0 Å². The summed E-state index contributed by atoms with van der Waals surface area (Å²) in [5.41, 5.74) is 0. The summed E-state index contributed by atoms with van der Waals surface area (Å²) in [5.74, 6) is 1.29. The highest BCUT2D eigenvalue weighted by Gasteiger charge is 2.11. The van der Waals surface area contributed by atoms with Crippen molar-refractivity contribution >= 4 is 24.2 Å². The predicted octanol–water partition coefficient (Wildman–Crippen LogP) is 1.52. The van der Waals surface area contributed by atoms with Crippen LogP contribution in [0.5, 0.6) is 0 Å². The van der Waals surface area contributed by atoms with Crippen LogP contribution in [0.4, 0.5) is 0 Å². The molecule has 0 amide bonds. The van der Waals surface area contributed by atoms with Crippen molar-refractivity contribution in [2.24, 2.45) is 0 Å². The summed E-state index contributed by atoms with van der Waals surface area (Å²) < 4.78 is 0. The molecule has 1 nitrogen and oxygen atoms in total. The van der Waals surface area contributed by atoms with Crippen molar-refractivity contribution in [1.29, 1.82) is 0 Å². The van der Waals surface area contributed by atoms with Crippen molar-refractivity contribution in [3.8, 4) is 0 Å². The molecule has 1 aliphatic heterocycles. The van der Waals surface area contributed by atoms with Gasteiger partial charge in [-0.1, -0.05) is 0 Å². The lowest BCUT2D eigenvalue weighted by Crippen LogP contribution is -2.23. The number of thioether (sulfide) groups is 1. The normalized spacial score (nSPS) is 25.7. The van der Waals surface area contributed by atoms with E-state index in [-0.39, 0.29) is 12.4 Å². The molecular weight excluding hydrogens is 154 g/mol. The summed E-state index contributed by atoms with van der Waals surface area (Å²) in [7, 11) is 0. The van der Waals surface area contributed by atoms with E-state index in [2.05, 4.69) is 11.6 Å². The SMILES string of the molecule is CSC[C@H]1CCCN1.Cl. The number of rotatable bonds is 2. The maximum absolute atomic E-state index is 3.44. The molecule has 1 aliphatic rings. The van der Waals surface area contributed by atoms with Gasteiger partial charge in [-0.2, -0.15) is 11.8 Å². The molecular formula is C6H14ClNS. The minimum absolute atomic E-state index is 0. The van der Waals surface area contributed by atoms with Crippen LogP contribution in [0.25, 0.3) is 0 Å². The summed E-state index contributed by atoms with van der Waals surface area (Å²) in [6, 6.07) is 0.824. The lowest BCUT2D eigenvalue weighted by atomic mass is 10.3. The Morgan fingerprint density at radius 3 is 2.89 bits per heavy atom. The first-order valence-corrected chi connectivity index (χ1v) is 4.55. The van der Waals surface area contributed by atoms with Crippen LogP contribution in [0.1, 0.15) is 12.8 Å². The zero-order valence-electron chi connectivity index (χ0n) is 5.72. The highest BCUT2D eigenvalue weighted by atomic mass is 35.5. The number of halogens is 1. The van der Waals surface area contributed by atoms with Gasteiger partial charge in [0, 0.05) is 11.8 Å². The molecule has 1 heterocycles. The van der Waals surface area contributed by atoms with Crippen LogP contribution >= 0.6 is 24.2 Å². The van der Waals surface area contributed by atoms with Gasteiger partial charge in [-0.25, -0.2) is 0 Å². The van der Waals surface area contributed by atoms with Crippen LogP contribution in [0.3, 0.4) is 0 Å². The molecule has 0 aromatic rings. The molecule has 0 spiro atoms. The molecule has 0 saturated carbocycles. The lowest BCUT2D eigenvalue weighted by Gasteiger charge is -2.05. The van der Waals surface area contributed by atoms with Crippen LogP contribution in [0.15, 0.2) is 0 Å². The molecule has 56 valence electrons. The van der Waals surface area contributed by atoms with E-state index in [4.69, 9.17) is 0 Å². The molecule has 0 unspecified atom stereocenters. The van der Waals surface area contributed by atoms with Crippen molar-refractivity contribution in [3.63, 3.8) is 0 Å². The maximum Gasteiger partial charge on any atom is 0.0158 e. The molecule has 0 aromatic heterocycles. The minimum Gasteiger partial charge on any atom is -0.313 e. The van der Waals surface area contributed by atoms with Gasteiger partial charge < -0.3 is 5.32 Å². The highest BCUT2D eigenvalue weighted by molar-refractivity contribution is 7.98. The van der Waals surface area contributed by atoms with E-state index in [0.29, 0.717) is 0 Å². The Balaban J connectivity index is 0.000000640. The first-order chi connectivity index (χ1) is 3.93. The average Bonchev–Trinajstić information content (AvgIpc) is 2.19. The van der Waals surface area contributed by atoms with Gasteiger partial charge in [0.2, 0.25) is 0 Å². The first-order valence-electron chi connectivity index (χ1n) is 3.16. The van der Waals surface area contributed by atoms with Crippen molar-refractivity contribution < 1.29 is 0 Å². The Morgan fingerprint density at radius 2 is 2.44 bits per heavy atom. The quantitative estimate of drug-likeness (QED) is 0.670. The molecule has 3 heteroatoms. The number of nitrogens with one attached hydrogen (secondary N) is 1. The Bertz CT molecular complexity index is 64.1. The average molecular weight is 168 g/mol. The lowest BCUT2D eigenvalue weighted by molar-refractivity contribution is 0.674. The molecule has 9 heavy (non-hydrogen) atoms. The van der Waals surface area contributed by atoms with Crippen LogP contribution in [0.2, 0.25) is 0 Å². The predicted molar refractivity (Wildman–Crippen MR) is 46.7 cm³/mol. The van der Waals surface area contributed by atoms with E-state index >= 15 is 0 Å². The van der Waals surface area contributed by atoms with E-state index in [1.807, 2.05) is 11.8 Å². The molecule has 1 rings (SSSR count). The van der Waals surface area contributed by atoms with E-state index in [9.17, 15) is 0 Å². The molecule has 0 aromatic carbocycles. The van der Waals surface area contributed by atoms with Gasteiger partial charge in [0.25, 0.3) is 0 Å². The Hall–Kier alpha value is 0.600. The van der Waals surface area contributed by atoms with Crippen molar-refractivity contribution in [3.05, 3.63) is 0 Å². The molecule has 1 saturated heterocycles. The third-order valence-corrected chi connectivity index (χ3v) is 2.27. The first kappa shape index (κ1) is 9.60. The number of hydrogen-bond donors (Lipinski definition) is 1. The third-order valence-electron chi connectivity index (χ3n) is 1.53. The number of hydrogen-bond acceptors (Lipinski definition) is 2. The summed E-state index contributed by atoms with van der Waals surface area (Å²) in [6.07, 6.45) is 4.94. The minimum atomic E-state index is 0. The third kappa shape index (κ3) is 3.33. The summed E-state index contributed by atoms with van der Waals surface area (Å²) >= 11 is 1.94. The van der Waals surface area contributed by atoms with Crippen molar-refractivity contribution in [1.82, 2.24) is 5.32 Å². The zero-order valence-corrected chi connectivity index (χ0v) is 7.36. The van der Waals surface area contributed by atoms with Gasteiger partial charge in [-0.15, -0.1) is 12.4 Å². The van der Waals surface area contributed by atoms with Crippen LogP contribution < -0.4 is 5.32 Å². The van der Waals surface area contributed by atoms with E-state index in [1.165, 1.54) is 25.1 Å². The topological polar surface area (TPSA) is 12.0 Å². The monoisotopic (exact) mass is 167 g/mol. The van der Waals surface area contributed by atoms with Gasteiger partial charge in [-0.3, -0.25) is 0 Å². The molecule has 0 radical (unpaired) electrons. The fourth-order valence-electron chi connectivity index (χ4n) is 1.10. The van der Waals surface area contributed by atoms with Crippen LogP contribution in [-0.2, 0) is 0 Å². The summed E-state index contributed by atoms with van der Waals surface area (Å²) in [5, 5.41) is 3.44. The van der Waals surface area contributed by atoms with Gasteiger partial charge in [0.1, 0.15) is 0 Å². The summed E-state index contributed by atoms with van der Waals surface area (Å²) in [6.45, 7) is 1.24. The van der Waals surface area contributed by atoms with Crippen molar-refractivity contribution in [2.45, 2.75) is 18.9 Å². The molecule has 1 atom stereocenters. The standard InChI is InChI=1S/C6H13NS.ClH/c1-8-5-6-3-2-4-7-6;/h6-7H,2-5H2,1H3;1H/t6-;/m1./s1. The fraction of sp³-hybridized carbons (Fsp3) is 1.00. The Kier molecular flexibility index (Phi) is 5.75. The van der Waals surface area contributed by atoms with Crippen LogP contribution in [0, 0.1) is 0 Å². The fourth-order valence-corrected chi connectivity index (χ4v) is 1.79. The van der Waals surface area contributed by atoms with E-state index in [1.54, 1.807) is 0 Å². The molecule has 0 aliphatic carbocycles. The molecule has 1 N–H and O–H groups in total. The summed E-state index contributed by atoms with van der Waals surface area (Å²) in [4.78, 5) is 0. The Labute approximate surface area is 67.4 Å². The smallest absolute Gasteiger partial charge is 0.0158 e. The second kappa shape index (κ2) is 5.39. The van der Waals surface area contributed by atoms with Crippen molar-refractivity contribution in [2.75, 3.05) is 18.6 Å². The zero-order chi connectivity index (χ0) is 5.82. The molecule has 1 fully saturated rings. The second-order valence-electron chi connectivity index (χ2n) is 2.25. The molecule has 0 bridgehead atoms. The van der Waals surface area contributed by atoms with Gasteiger partial charge in [-0.05, 0) is 25.6 Å². The van der Waals surface area contributed by atoms with Gasteiger partial charge in [0.15, 0.2) is 0 Å². The van der Waals surface area contributed by atoms with Gasteiger partial charge >= 0.3 is 0 Å². The second-order valence-corrected chi connectivity index (χ2v) is 3.16.